The Morgan fingerprint density at radius 1 is 1.36 bits per heavy atom. The Morgan fingerprint density at radius 3 is 2.64 bits per heavy atom. The topological polar surface area (TPSA) is 0 Å². The van der Waals surface area contributed by atoms with Gasteiger partial charge in [0.25, 0.3) is 0 Å². The van der Waals surface area contributed by atoms with Crippen molar-refractivity contribution in [1.82, 2.24) is 0 Å². The smallest absolute Gasteiger partial charge is 0.0196 e. The van der Waals surface area contributed by atoms with Crippen LogP contribution in [0.4, 0.5) is 0 Å². The van der Waals surface area contributed by atoms with E-state index in [-0.39, 0.29) is 0 Å². The second kappa shape index (κ2) is 4.99. The number of hydrogen-bond acceptors (Lipinski definition) is 0. The van der Waals surface area contributed by atoms with E-state index in [2.05, 4.69) is 52.0 Å². The molecule has 0 saturated heterocycles. The van der Waals surface area contributed by atoms with Crippen LogP contribution in [0.5, 0.6) is 0 Å². The van der Waals surface area contributed by atoms with Crippen LogP contribution in [0.1, 0.15) is 43.9 Å². The summed E-state index contributed by atoms with van der Waals surface area (Å²) in [5.41, 5.74) is 5.64. The molecule has 0 radical (unpaired) electrons. The highest BCUT2D eigenvalue weighted by molar-refractivity contribution is 5.67. The second-order valence-corrected chi connectivity index (χ2v) is 3.88. The molecule has 0 unspecified atom stereocenters. The molecule has 0 aliphatic carbocycles. The third-order valence-corrected chi connectivity index (χ3v) is 2.64. The summed E-state index contributed by atoms with van der Waals surface area (Å²) >= 11 is 0. The molecule has 0 atom stereocenters. The zero-order chi connectivity index (χ0) is 10.6. The lowest BCUT2D eigenvalue weighted by molar-refractivity contribution is 0.917. The fourth-order valence-corrected chi connectivity index (χ4v) is 1.70. The normalized spacial score (nSPS) is 11.9. The standard InChI is InChI=1S/C14H20/c1-5-7-13-9-8-11(3)10-14(13)12(4)6-2/h6,8-10H,5,7H2,1-4H3/b12-6-. The largest absolute Gasteiger partial charge is 0.0841 e. The summed E-state index contributed by atoms with van der Waals surface area (Å²) in [5, 5.41) is 0. The van der Waals surface area contributed by atoms with Gasteiger partial charge in [-0.05, 0) is 43.9 Å². The molecule has 0 aromatic heterocycles. The first-order valence-corrected chi connectivity index (χ1v) is 5.41. The number of allylic oxidation sites excluding steroid dienone is 2. The summed E-state index contributed by atoms with van der Waals surface area (Å²) in [6.07, 6.45) is 4.59. The van der Waals surface area contributed by atoms with Crippen molar-refractivity contribution in [3.05, 3.63) is 41.0 Å². The minimum Gasteiger partial charge on any atom is -0.0841 e. The summed E-state index contributed by atoms with van der Waals surface area (Å²) in [7, 11) is 0. The van der Waals surface area contributed by atoms with Gasteiger partial charge in [-0.1, -0.05) is 43.2 Å². The van der Waals surface area contributed by atoms with E-state index in [4.69, 9.17) is 0 Å². The highest BCUT2D eigenvalue weighted by Gasteiger charge is 2.02. The Labute approximate surface area is 87.7 Å². The Balaban J connectivity index is 3.15. The Morgan fingerprint density at radius 2 is 2.07 bits per heavy atom. The fraction of sp³-hybridized carbons (Fsp3) is 0.429. The molecule has 76 valence electrons. The van der Waals surface area contributed by atoms with Gasteiger partial charge < -0.3 is 0 Å². The second-order valence-electron chi connectivity index (χ2n) is 3.88. The first kappa shape index (κ1) is 11.0. The summed E-state index contributed by atoms with van der Waals surface area (Å²) < 4.78 is 0. The molecule has 0 heteroatoms. The molecule has 0 aliphatic rings. The summed E-state index contributed by atoms with van der Waals surface area (Å²) in [6, 6.07) is 6.76. The van der Waals surface area contributed by atoms with Crippen LogP contribution in [-0.2, 0) is 6.42 Å². The number of hydrogen-bond donors (Lipinski definition) is 0. The van der Waals surface area contributed by atoms with E-state index in [1.165, 1.54) is 35.1 Å². The third-order valence-electron chi connectivity index (χ3n) is 2.64. The molecule has 1 aromatic rings. The van der Waals surface area contributed by atoms with Crippen LogP contribution in [0.3, 0.4) is 0 Å². The van der Waals surface area contributed by atoms with E-state index in [0.29, 0.717) is 0 Å². The van der Waals surface area contributed by atoms with Crippen molar-refractivity contribution in [2.75, 3.05) is 0 Å². The van der Waals surface area contributed by atoms with Crippen LogP contribution in [0.2, 0.25) is 0 Å². The van der Waals surface area contributed by atoms with Gasteiger partial charge in [0.2, 0.25) is 0 Å². The van der Waals surface area contributed by atoms with E-state index < -0.39 is 0 Å². The molecule has 0 bridgehead atoms. The van der Waals surface area contributed by atoms with Gasteiger partial charge >= 0.3 is 0 Å². The SMILES string of the molecule is C/C=C(/C)c1cc(C)ccc1CCC. The van der Waals surface area contributed by atoms with Crippen molar-refractivity contribution in [3.8, 4) is 0 Å². The molecule has 0 amide bonds. The van der Waals surface area contributed by atoms with Crippen molar-refractivity contribution in [1.29, 1.82) is 0 Å². The average Bonchev–Trinajstić information content (AvgIpc) is 2.20. The van der Waals surface area contributed by atoms with Gasteiger partial charge in [-0.25, -0.2) is 0 Å². The summed E-state index contributed by atoms with van der Waals surface area (Å²) in [6.45, 7) is 8.68. The number of aryl methyl sites for hydroxylation is 2. The van der Waals surface area contributed by atoms with Gasteiger partial charge in [0.05, 0.1) is 0 Å². The first-order valence-electron chi connectivity index (χ1n) is 5.41. The van der Waals surface area contributed by atoms with E-state index in [1.54, 1.807) is 0 Å². The summed E-state index contributed by atoms with van der Waals surface area (Å²) in [5.74, 6) is 0. The van der Waals surface area contributed by atoms with Crippen LogP contribution in [-0.4, -0.2) is 0 Å². The minimum atomic E-state index is 1.18. The molecule has 1 rings (SSSR count). The van der Waals surface area contributed by atoms with Crippen LogP contribution in [0.15, 0.2) is 24.3 Å². The molecule has 0 N–H and O–H groups in total. The van der Waals surface area contributed by atoms with Gasteiger partial charge in [0.1, 0.15) is 0 Å². The molecule has 0 saturated carbocycles. The maximum Gasteiger partial charge on any atom is -0.0196 e. The Bertz CT molecular complexity index is 332. The van der Waals surface area contributed by atoms with Crippen LogP contribution in [0.25, 0.3) is 5.57 Å². The van der Waals surface area contributed by atoms with Gasteiger partial charge in [-0.15, -0.1) is 0 Å². The molecular formula is C14H20. The lowest BCUT2D eigenvalue weighted by atomic mass is 9.96. The van der Waals surface area contributed by atoms with Crippen molar-refractivity contribution in [3.63, 3.8) is 0 Å². The third kappa shape index (κ3) is 2.47. The highest BCUT2D eigenvalue weighted by atomic mass is 14.1. The Hall–Kier alpha value is -1.04. The van der Waals surface area contributed by atoms with Crippen LogP contribution in [0, 0.1) is 6.92 Å². The molecule has 0 nitrogen and oxygen atoms in total. The maximum atomic E-state index is 2.29. The number of rotatable bonds is 3. The first-order chi connectivity index (χ1) is 6.69. The van der Waals surface area contributed by atoms with Gasteiger partial charge in [0.15, 0.2) is 0 Å². The van der Waals surface area contributed by atoms with E-state index in [9.17, 15) is 0 Å². The van der Waals surface area contributed by atoms with E-state index in [1.807, 2.05) is 0 Å². The molecule has 14 heavy (non-hydrogen) atoms. The zero-order valence-electron chi connectivity index (χ0n) is 9.72. The van der Waals surface area contributed by atoms with Crippen LogP contribution >= 0.6 is 0 Å². The summed E-state index contributed by atoms with van der Waals surface area (Å²) in [4.78, 5) is 0. The quantitative estimate of drug-likeness (QED) is 0.660. The molecule has 0 aliphatic heterocycles. The maximum absolute atomic E-state index is 2.29. The fourth-order valence-electron chi connectivity index (χ4n) is 1.70. The van der Waals surface area contributed by atoms with Crippen molar-refractivity contribution < 1.29 is 0 Å². The van der Waals surface area contributed by atoms with E-state index in [0.717, 1.165) is 0 Å². The monoisotopic (exact) mass is 188 g/mol. The number of benzene rings is 1. The molecule has 0 heterocycles. The zero-order valence-corrected chi connectivity index (χ0v) is 9.72. The van der Waals surface area contributed by atoms with Crippen LogP contribution < -0.4 is 0 Å². The lowest BCUT2D eigenvalue weighted by Crippen LogP contribution is -1.92. The lowest BCUT2D eigenvalue weighted by Gasteiger charge is -2.10. The predicted molar refractivity (Wildman–Crippen MR) is 64.5 cm³/mol. The molecule has 0 spiro atoms. The van der Waals surface area contributed by atoms with Crippen molar-refractivity contribution in [2.24, 2.45) is 0 Å². The molecule has 1 aromatic carbocycles. The Kier molecular flexibility index (Phi) is 3.94. The van der Waals surface area contributed by atoms with Crippen molar-refractivity contribution >= 4 is 5.57 Å². The van der Waals surface area contributed by atoms with E-state index >= 15 is 0 Å². The molecule has 0 fully saturated rings. The minimum absolute atomic E-state index is 1.18. The van der Waals surface area contributed by atoms with Gasteiger partial charge in [-0.3, -0.25) is 0 Å². The van der Waals surface area contributed by atoms with Gasteiger partial charge in [-0.2, -0.15) is 0 Å². The van der Waals surface area contributed by atoms with Crippen molar-refractivity contribution in [2.45, 2.75) is 40.5 Å². The van der Waals surface area contributed by atoms with Gasteiger partial charge in [0, 0.05) is 0 Å². The molecular weight excluding hydrogens is 168 g/mol. The highest BCUT2D eigenvalue weighted by Crippen LogP contribution is 2.21. The predicted octanol–water partition coefficient (Wildman–Crippen LogP) is 4.37. The average molecular weight is 188 g/mol.